The summed E-state index contributed by atoms with van der Waals surface area (Å²) >= 11 is 5.72. The molecule has 3 rings (SSSR count). The van der Waals surface area contributed by atoms with E-state index in [4.69, 9.17) is 11.6 Å². The first kappa shape index (κ1) is 9.31. The molecule has 0 saturated carbocycles. The van der Waals surface area contributed by atoms with Crippen molar-refractivity contribution in [2.75, 3.05) is 0 Å². The van der Waals surface area contributed by atoms with Crippen LogP contribution in [0.2, 0.25) is 5.15 Å². The molecule has 1 aromatic heterocycles. The summed E-state index contributed by atoms with van der Waals surface area (Å²) in [6.07, 6.45) is 3.79. The van der Waals surface area contributed by atoms with Gasteiger partial charge in [0.25, 0.3) is 0 Å². The van der Waals surface area contributed by atoms with E-state index in [2.05, 4.69) is 10.3 Å². The number of carbonyl (C=O) groups is 1. The Kier molecular flexibility index (Phi) is 2.04. The third-order valence-electron chi connectivity index (χ3n) is 3.34. The second-order valence-corrected chi connectivity index (χ2v) is 4.58. The van der Waals surface area contributed by atoms with Gasteiger partial charge < -0.3 is 5.32 Å². The highest BCUT2D eigenvalue weighted by Gasteiger charge is 2.46. The fraction of sp³-hybridized carbons (Fsp3) is 0.455. The molecule has 78 valence electrons. The van der Waals surface area contributed by atoms with Crippen molar-refractivity contribution in [2.45, 2.75) is 30.8 Å². The molecule has 2 saturated heterocycles. The number of fused-ring (bicyclic) bond motifs is 2. The van der Waals surface area contributed by atoms with Crippen molar-refractivity contribution >= 4 is 17.4 Å². The van der Waals surface area contributed by atoms with Crippen LogP contribution in [0.25, 0.3) is 0 Å². The molecule has 3 unspecified atom stereocenters. The van der Waals surface area contributed by atoms with Crippen molar-refractivity contribution in [3.8, 4) is 0 Å². The second kappa shape index (κ2) is 3.29. The lowest BCUT2D eigenvalue weighted by Gasteiger charge is -2.18. The minimum atomic E-state index is -0.00600. The number of nitrogens with one attached hydrogen (secondary N) is 1. The summed E-state index contributed by atoms with van der Waals surface area (Å²) in [5.41, 5.74) is 0.990. The van der Waals surface area contributed by atoms with Crippen LogP contribution in [-0.2, 0) is 4.79 Å². The molecule has 1 aromatic rings. The van der Waals surface area contributed by atoms with E-state index in [9.17, 15) is 4.79 Å². The predicted octanol–water partition coefficient (Wildman–Crippen LogP) is 1.52. The number of halogens is 1. The maximum atomic E-state index is 11.9. The molecule has 3 nitrogen and oxygen atoms in total. The van der Waals surface area contributed by atoms with E-state index in [1.807, 2.05) is 6.07 Å². The lowest BCUT2D eigenvalue weighted by atomic mass is 9.83. The zero-order valence-electron chi connectivity index (χ0n) is 8.11. The number of hydrogen-bond acceptors (Lipinski definition) is 3. The molecule has 4 heteroatoms. The number of pyridine rings is 1. The topological polar surface area (TPSA) is 42.0 Å². The molecular formula is C11H11ClN2O. The zero-order chi connectivity index (χ0) is 10.4. The van der Waals surface area contributed by atoms with Gasteiger partial charge in [0.2, 0.25) is 0 Å². The Balaban J connectivity index is 1.94. The van der Waals surface area contributed by atoms with Gasteiger partial charge in [-0.05, 0) is 24.5 Å². The van der Waals surface area contributed by atoms with Gasteiger partial charge in [-0.25, -0.2) is 4.98 Å². The molecule has 15 heavy (non-hydrogen) atoms. The first-order valence-electron chi connectivity index (χ1n) is 5.17. The quantitative estimate of drug-likeness (QED) is 0.733. The molecule has 0 aromatic carbocycles. The summed E-state index contributed by atoms with van der Waals surface area (Å²) in [5, 5.41) is 3.80. The third kappa shape index (κ3) is 1.38. The summed E-state index contributed by atoms with van der Waals surface area (Å²) in [6, 6.07) is 4.04. The smallest absolute Gasteiger partial charge is 0.158 e. The Bertz CT molecular complexity index is 404. The first-order chi connectivity index (χ1) is 7.25. The largest absolute Gasteiger partial charge is 0.304 e. The monoisotopic (exact) mass is 222 g/mol. The Hall–Kier alpha value is -0.930. The summed E-state index contributed by atoms with van der Waals surface area (Å²) < 4.78 is 0. The van der Waals surface area contributed by atoms with Crippen LogP contribution in [0.3, 0.4) is 0 Å². The normalized spacial score (nSPS) is 33.7. The SMILES string of the molecule is O=C1C2CCC(N2)C1c1ccc(Cl)nc1. The number of Topliss-reactive ketones (excluding diaryl/α,β-unsaturated/α-hetero) is 1. The Morgan fingerprint density at radius 2 is 2.27 bits per heavy atom. The van der Waals surface area contributed by atoms with Gasteiger partial charge in [0.05, 0.1) is 12.0 Å². The zero-order valence-corrected chi connectivity index (χ0v) is 8.87. The molecule has 0 aliphatic carbocycles. The minimum Gasteiger partial charge on any atom is -0.304 e. The van der Waals surface area contributed by atoms with Crippen molar-refractivity contribution < 1.29 is 4.79 Å². The fourth-order valence-corrected chi connectivity index (χ4v) is 2.75. The Labute approximate surface area is 92.8 Å². The average molecular weight is 223 g/mol. The van der Waals surface area contributed by atoms with Crippen LogP contribution in [-0.4, -0.2) is 22.9 Å². The highest BCUT2D eigenvalue weighted by molar-refractivity contribution is 6.29. The van der Waals surface area contributed by atoms with Gasteiger partial charge in [-0.2, -0.15) is 0 Å². The van der Waals surface area contributed by atoms with E-state index in [0.717, 1.165) is 18.4 Å². The number of hydrogen-bond donors (Lipinski definition) is 1. The van der Waals surface area contributed by atoms with Crippen LogP contribution < -0.4 is 5.32 Å². The van der Waals surface area contributed by atoms with Crippen LogP contribution >= 0.6 is 11.6 Å². The van der Waals surface area contributed by atoms with Gasteiger partial charge in [0, 0.05) is 12.2 Å². The molecule has 0 spiro atoms. The van der Waals surface area contributed by atoms with Gasteiger partial charge in [0.15, 0.2) is 5.78 Å². The van der Waals surface area contributed by atoms with E-state index >= 15 is 0 Å². The van der Waals surface area contributed by atoms with Gasteiger partial charge >= 0.3 is 0 Å². The first-order valence-corrected chi connectivity index (χ1v) is 5.55. The maximum Gasteiger partial charge on any atom is 0.158 e. The van der Waals surface area contributed by atoms with Crippen LogP contribution in [0.15, 0.2) is 18.3 Å². The van der Waals surface area contributed by atoms with Gasteiger partial charge in [-0.1, -0.05) is 17.7 Å². The lowest BCUT2D eigenvalue weighted by Crippen LogP contribution is -2.25. The van der Waals surface area contributed by atoms with Crippen molar-refractivity contribution in [3.05, 3.63) is 29.0 Å². The van der Waals surface area contributed by atoms with Crippen LogP contribution in [0, 0.1) is 0 Å². The maximum absolute atomic E-state index is 11.9. The number of ketones is 1. The Morgan fingerprint density at radius 1 is 1.40 bits per heavy atom. The Morgan fingerprint density at radius 3 is 2.87 bits per heavy atom. The summed E-state index contributed by atoms with van der Waals surface area (Å²) in [5.74, 6) is 0.309. The van der Waals surface area contributed by atoms with Crippen LogP contribution in [0.1, 0.15) is 24.3 Å². The molecule has 2 aliphatic heterocycles. The number of rotatable bonds is 1. The molecule has 0 amide bonds. The molecular weight excluding hydrogens is 212 g/mol. The van der Waals surface area contributed by atoms with Crippen LogP contribution in [0.5, 0.6) is 0 Å². The van der Waals surface area contributed by atoms with E-state index < -0.39 is 0 Å². The standard InChI is InChI=1S/C11H11ClN2O/c12-9-4-1-6(5-13-9)10-7-2-3-8(14-7)11(10)15/h1,4-5,7-8,10,14H,2-3H2. The lowest BCUT2D eigenvalue weighted by molar-refractivity contribution is -0.120. The molecule has 0 radical (unpaired) electrons. The molecule has 2 aliphatic rings. The molecule has 3 atom stereocenters. The summed E-state index contributed by atoms with van der Waals surface area (Å²) in [4.78, 5) is 16.0. The van der Waals surface area contributed by atoms with Crippen LogP contribution in [0.4, 0.5) is 0 Å². The van der Waals surface area contributed by atoms with Crippen molar-refractivity contribution in [1.82, 2.24) is 10.3 Å². The number of nitrogens with zero attached hydrogens (tertiary/aromatic N) is 1. The average Bonchev–Trinajstić information content (AvgIpc) is 2.80. The van der Waals surface area contributed by atoms with Crippen molar-refractivity contribution in [3.63, 3.8) is 0 Å². The van der Waals surface area contributed by atoms with E-state index in [1.54, 1.807) is 12.3 Å². The second-order valence-electron chi connectivity index (χ2n) is 4.20. The van der Waals surface area contributed by atoms with Gasteiger partial charge in [0.1, 0.15) is 5.15 Å². The molecule has 2 bridgehead atoms. The fourth-order valence-electron chi connectivity index (χ4n) is 2.64. The summed E-state index contributed by atoms with van der Waals surface area (Å²) in [6.45, 7) is 0. The van der Waals surface area contributed by atoms with Crippen molar-refractivity contribution in [1.29, 1.82) is 0 Å². The minimum absolute atomic E-state index is 0.00600. The van der Waals surface area contributed by atoms with Gasteiger partial charge in [-0.3, -0.25) is 4.79 Å². The summed E-state index contributed by atoms with van der Waals surface area (Å²) in [7, 11) is 0. The number of aromatic nitrogens is 1. The third-order valence-corrected chi connectivity index (χ3v) is 3.57. The molecule has 2 fully saturated rings. The molecule has 1 N–H and O–H groups in total. The highest BCUT2D eigenvalue weighted by atomic mass is 35.5. The predicted molar refractivity (Wildman–Crippen MR) is 56.9 cm³/mol. The highest BCUT2D eigenvalue weighted by Crippen LogP contribution is 2.37. The van der Waals surface area contributed by atoms with E-state index in [1.165, 1.54) is 0 Å². The number of carbonyl (C=O) groups excluding carboxylic acids is 1. The van der Waals surface area contributed by atoms with Crippen molar-refractivity contribution in [2.24, 2.45) is 0 Å². The van der Waals surface area contributed by atoms with Gasteiger partial charge in [-0.15, -0.1) is 0 Å². The van der Waals surface area contributed by atoms with E-state index in [-0.39, 0.29) is 12.0 Å². The molecule has 3 heterocycles. The van der Waals surface area contributed by atoms with E-state index in [0.29, 0.717) is 17.0 Å².